The van der Waals surface area contributed by atoms with Crippen molar-refractivity contribution in [2.75, 3.05) is 0 Å². The highest BCUT2D eigenvalue weighted by molar-refractivity contribution is 5.39. The summed E-state index contributed by atoms with van der Waals surface area (Å²) in [7, 11) is 0. The number of unbranched alkanes of at least 4 members (excludes halogenated alkanes) is 4. The summed E-state index contributed by atoms with van der Waals surface area (Å²) in [6, 6.07) is 8.48. The molecule has 1 aromatic carbocycles. The monoisotopic (exact) mass is 360 g/mol. The summed E-state index contributed by atoms with van der Waals surface area (Å²) in [5, 5.41) is 0. The van der Waals surface area contributed by atoms with Gasteiger partial charge in [0.1, 0.15) is 0 Å². The third-order valence-corrected chi connectivity index (χ3v) is 5.68. The van der Waals surface area contributed by atoms with Gasteiger partial charge in [0.05, 0.1) is 0 Å². The maximum absolute atomic E-state index is 3.44. The number of allylic oxidation sites excluding steroid dienone is 2. The summed E-state index contributed by atoms with van der Waals surface area (Å²) < 4.78 is 0. The van der Waals surface area contributed by atoms with Gasteiger partial charge in [-0.15, -0.1) is 0 Å². The van der Waals surface area contributed by atoms with E-state index in [1.165, 1.54) is 69.8 Å². The second-order valence-electron chi connectivity index (χ2n) is 7.86. The smallest absolute Gasteiger partial charge is 0.0249 e. The first-order valence-corrected chi connectivity index (χ1v) is 11.1. The fourth-order valence-corrected chi connectivity index (χ4v) is 3.83. The van der Waals surface area contributed by atoms with Gasteiger partial charge in [-0.2, -0.15) is 0 Å². The van der Waals surface area contributed by atoms with Crippen molar-refractivity contribution in [3.05, 3.63) is 47.5 Å². The van der Waals surface area contributed by atoms with Crippen molar-refractivity contribution >= 4 is 0 Å². The molecule has 1 aromatic rings. The van der Waals surface area contributed by atoms with Crippen molar-refractivity contribution in [3.8, 4) is 23.7 Å². The second-order valence-corrected chi connectivity index (χ2v) is 7.86. The quantitative estimate of drug-likeness (QED) is 0.353. The van der Waals surface area contributed by atoms with Crippen LogP contribution in [0.5, 0.6) is 0 Å². The highest BCUT2D eigenvalue weighted by Gasteiger charge is 2.19. The predicted octanol–water partition coefficient (Wildman–Crippen LogP) is 7.33. The molecule has 0 saturated heterocycles. The number of hydrogen-bond acceptors (Lipinski definition) is 0. The SMILES string of the molecule is CCCCCCC[C@H]1CC[C@H](C#C/C=C/C#Cc2ccc(CC)cc2)CC1. The average Bonchev–Trinajstić information content (AvgIpc) is 2.72. The Morgan fingerprint density at radius 2 is 1.56 bits per heavy atom. The van der Waals surface area contributed by atoms with E-state index in [-0.39, 0.29) is 0 Å². The van der Waals surface area contributed by atoms with Crippen molar-refractivity contribution in [3.63, 3.8) is 0 Å². The lowest BCUT2D eigenvalue weighted by Gasteiger charge is -2.25. The molecular weight excluding hydrogens is 324 g/mol. The molecule has 0 atom stereocenters. The lowest BCUT2D eigenvalue weighted by atomic mass is 9.80. The van der Waals surface area contributed by atoms with E-state index in [0.29, 0.717) is 5.92 Å². The van der Waals surface area contributed by atoms with Gasteiger partial charge >= 0.3 is 0 Å². The fraction of sp³-hybridized carbons (Fsp3) is 0.556. The van der Waals surface area contributed by atoms with Crippen LogP contribution in [0.15, 0.2) is 36.4 Å². The molecule has 0 radical (unpaired) electrons. The van der Waals surface area contributed by atoms with E-state index >= 15 is 0 Å². The molecule has 1 saturated carbocycles. The van der Waals surface area contributed by atoms with Gasteiger partial charge in [0.2, 0.25) is 0 Å². The summed E-state index contributed by atoms with van der Waals surface area (Å²) in [5.74, 6) is 14.5. The van der Waals surface area contributed by atoms with Crippen LogP contribution in [0.2, 0.25) is 0 Å². The van der Waals surface area contributed by atoms with E-state index in [1.807, 2.05) is 12.2 Å². The minimum atomic E-state index is 0.598. The Bertz CT molecular complexity index is 661. The fourth-order valence-electron chi connectivity index (χ4n) is 3.83. The third-order valence-electron chi connectivity index (χ3n) is 5.68. The molecule has 144 valence electrons. The summed E-state index contributed by atoms with van der Waals surface area (Å²) in [5.41, 5.74) is 2.42. The van der Waals surface area contributed by atoms with Crippen LogP contribution in [0.3, 0.4) is 0 Å². The lowest BCUT2D eigenvalue weighted by Crippen LogP contribution is -2.13. The van der Waals surface area contributed by atoms with Crippen molar-refractivity contribution in [2.24, 2.45) is 11.8 Å². The van der Waals surface area contributed by atoms with Crippen LogP contribution >= 0.6 is 0 Å². The molecule has 1 aliphatic carbocycles. The number of rotatable bonds is 7. The van der Waals surface area contributed by atoms with E-state index < -0.39 is 0 Å². The zero-order valence-electron chi connectivity index (χ0n) is 17.4. The predicted molar refractivity (Wildman–Crippen MR) is 118 cm³/mol. The Hall–Kier alpha value is -1.92. The summed E-state index contributed by atoms with van der Waals surface area (Å²) in [4.78, 5) is 0. The average molecular weight is 361 g/mol. The van der Waals surface area contributed by atoms with Gasteiger partial charge in [-0.05, 0) is 67.9 Å². The number of benzene rings is 1. The highest BCUT2D eigenvalue weighted by Crippen LogP contribution is 2.31. The molecule has 0 spiro atoms. The molecule has 27 heavy (non-hydrogen) atoms. The molecule has 0 heterocycles. The van der Waals surface area contributed by atoms with E-state index in [0.717, 1.165) is 17.9 Å². The zero-order chi connectivity index (χ0) is 19.2. The molecule has 0 amide bonds. The Balaban J connectivity index is 1.64. The minimum Gasteiger partial charge on any atom is -0.0951 e. The van der Waals surface area contributed by atoms with E-state index in [9.17, 15) is 0 Å². The topological polar surface area (TPSA) is 0 Å². The van der Waals surface area contributed by atoms with Crippen LogP contribution in [-0.4, -0.2) is 0 Å². The van der Waals surface area contributed by atoms with Gasteiger partial charge in [-0.1, -0.05) is 88.2 Å². The first kappa shape index (κ1) is 21.4. The standard InChI is InChI=1S/C27H36/c1-3-5-6-7-10-13-26-20-22-27(23-21-26)15-12-9-8-11-14-25-18-16-24(4-2)17-19-25/h8-9,16-19,26-27H,3-7,10,13,20-23H2,1-2H3/b9-8+/t26-,27-. The van der Waals surface area contributed by atoms with Crippen LogP contribution < -0.4 is 0 Å². The van der Waals surface area contributed by atoms with Crippen molar-refractivity contribution in [1.29, 1.82) is 0 Å². The van der Waals surface area contributed by atoms with Gasteiger partial charge < -0.3 is 0 Å². The molecule has 1 aliphatic rings. The van der Waals surface area contributed by atoms with Gasteiger partial charge in [0.25, 0.3) is 0 Å². The van der Waals surface area contributed by atoms with Gasteiger partial charge in [0.15, 0.2) is 0 Å². The second kappa shape index (κ2) is 13.3. The van der Waals surface area contributed by atoms with Crippen LogP contribution in [0, 0.1) is 35.5 Å². The molecule has 0 nitrogen and oxygen atoms in total. The van der Waals surface area contributed by atoms with Crippen molar-refractivity contribution in [1.82, 2.24) is 0 Å². The Labute approximate surface area is 167 Å². The van der Waals surface area contributed by atoms with E-state index in [2.05, 4.69) is 61.8 Å². The molecule has 0 heteroatoms. The molecule has 0 aromatic heterocycles. The molecular formula is C27H36. The highest BCUT2D eigenvalue weighted by atomic mass is 14.2. The number of hydrogen-bond donors (Lipinski definition) is 0. The van der Waals surface area contributed by atoms with Crippen LogP contribution in [0.4, 0.5) is 0 Å². The first-order valence-electron chi connectivity index (χ1n) is 11.1. The molecule has 0 unspecified atom stereocenters. The minimum absolute atomic E-state index is 0.598. The van der Waals surface area contributed by atoms with Gasteiger partial charge in [-0.3, -0.25) is 0 Å². The summed E-state index contributed by atoms with van der Waals surface area (Å²) >= 11 is 0. The van der Waals surface area contributed by atoms with E-state index in [4.69, 9.17) is 0 Å². The number of aryl methyl sites for hydroxylation is 1. The van der Waals surface area contributed by atoms with Gasteiger partial charge in [-0.25, -0.2) is 0 Å². The molecule has 0 aliphatic heterocycles. The van der Waals surface area contributed by atoms with Crippen LogP contribution in [0.1, 0.15) is 89.2 Å². The third kappa shape index (κ3) is 9.02. The van der Waals surface area contributed by atoms with Crippen molar-refractivity contribution in [2.45, 2.75) is 84.5 Å². The summed E-state index contributed by atoms with van der Waals surface area (Å²) in [6.07, 6.45) is 18.7. The Morgan fingerprint density at radius 3 is 2.26 bits per heavy atom. The Morgan fingerprint density at radius 1 is 0.852 bits per heavy atom. The van der Waals surface area contributed by atoms with Crippen LogP contribution in [0.25, 0.3) is 0 Å². The maximum atomic E-state index is 3.44. The maximum Gasteiger partial charge on any atom is 0.0249 e. The van der Waals surface area contributed by atoms with E-state index in [1.54, 1.807) is 0 Å². The van der Waals surface area contributed by atoms with Crippen molar-refractivity contribution < 1.29 is 0 Å². The zero-order valence-corrected chi connectivity index (χ0v) is 17.4. The van der Waals surface area contributed by atoms with Gasteiger partial charge in [0, 0.05) is 11.5 Å². The normalized spacial score (nSPS) is 19.2. The van der Waals surface area contributed by atoms with Crippen LogP contribution in [-0.2, 0) is 6.42 Å². The lowest BCUT2D eigenvalue weighted by molar-refractivity contribution is 0.294. The molecule has 1 fully saturated rings. The first-order chi connectivity index (χ1) is 13.3. The summed E-state index contributed by atoms with van der Waals surface area (Å²) in [6.45, 7) is 4.46. The Kier molecular flexibility index (Phi) is 10.5. The molecule has 0 bridgehead atoms. The largest absolute Gasteiger partial charge is 0.0951 e. The molecule has 2 rings (SSSR count). The molecule has 0 N–H and O–H groups in total.